The topological polar surface area (TPSA) is 64.1 Å². The summed E-state index contributed by atoms with van der Waals surface area (Å²) < 4.78 is 5.20. The van der Waals surface area contributed by atoms with Crippen LogP contribution in [0.5, 0.6) is 5.75 Å². The number of halogens is 1. The van der Waals surface area contributed by atoms with Crippen LogP contribution in [-0.2, 0) is 0 Å². The fraction of sp³-hybridized carbons (Fsp3) is 0.0556. The van der Waals surface area contributed by atoms with Crippen molar-refractivity contribution in [1.82, 2.24) is 10.2 Å². The summed E-state index contributed by atoms with van der Waals surface area (Å²) in [6.45, 7) is 0. The van der Waals surface area contributed by atoms with Gasteiger partial charge in [-0.25, -0.2) is 0 Å². The van der Waals surface area contributed by atoms with Gasteiger partial charge in [0.05, 0.1) is 18.5 Å². The highest BCUT2D eigenvalue weighted by atomic mass is 35.5. The molecule has 0 saturated heterocycles. The lowest BCUT2D eigenvalue weighted by Crippen LogP contribution is -2.15. The van der Waals surface area contributed by atoms with E-state index in [-0.39, 0.29) is 11.6 Å². The Hall–Kier alpha value is -2.92. The molecule has 1 heterocycles. The number of nitrogens with one attached hydrogen (secondary N) is 1. The number of aromatic nitrogens is 2. The van der Waals surface area contributed by atoms with Gasteiger partial charge in [0.15, 0.2) is 5.69 Å². The van der Waals surface area contributed by atoms with Crippen molar-refractivity contribution in [3.05, 3.63) is 71.4 Å². The van der Waals surface area contributed by atoms with E-state index in [2.05, 4.69) is 15.5 Å². The van der Waals surface area contributed by atoms with Crippen LogP contribution < -0.4 is 10.1 Å². The molecular weight excluding hydrogens is 326 g/mol. The highest BCUT2D eigenvalue weighted by Crippen LogP contribution is 2.28. The van der Waals surface area contributed by atoms with Gasteiger partial charge in [0.1, 0.15) is 5.75 Å². The fourth-order valence-electron chi connectivity index (χ4n) is 2.18. The maximum absolute atomic E-state index is 12.3. The average molecular weight is 340 g/mol. The lowest BCUT2D eigenvalue weighted by atomic mass is 10.1. The number of nitrogens with zero attached hydrogens (tertiary/aromatic N) is 2. The second-order valence-electron chi connectivity index (χ2n) is 4.97. The molecule has 0 unspecified atom stereocenters. The number of ether oxygens (including phenoxy) is 1. The molecule has 1 aromatic heterocycles. The highest BCUT2D eigenvalue weighted by Gasteiger charge is 2.12. The average Bonchev–Trinajstić information content (AvgIpc) is 2.63. The largest absolute Gasteiger partial charge is 0.495 e. The normalized spacial score (nSPS) is 10.2. The van der Waals surface area contributed by atoms with Crippen LogP contribution in [0.1, 0.15) is 10.5 Å². The van der Waals surface area contributed by atoms with Gasteiger partial charge < -0.3 is 10.1 Å². The summed E-state index contributed by atoms with van der Waals surface area (Å²) in [4.78, 5) is 12.3. The number of benzene rings is 2. The second-order valence-corrected chi connectivity index (χ2v) is 5.41. The minimum atomic E-state index is -0.386. The first kappa shape index (κ1) is 16.0. The van der Waals surface area contributed by atoms with Crippen molar-refractivity contribution in [1.29, 1.82) is 0 Å². The van der Waals surface area contributed by atoms with Gasteiger partial charge in [0, 0.05) is 10.6 Å². The van der Waals surface area contributed by atoms with Gasteiger partial charge in [-0.05, 0) is 30.3 Å². The molecular formula is C18H14ClN3O2. The summed E-state index contributed by atoms with van der Waals surface area (Å²) in [5.74, 6) is 0.129. The smallest absolute Gasteiger partial charge is 0.276 e. The van der Waals surface area contributed by atoms with Gasteiger partial charge in [-0.1, -0.05) is 41.9 Å². The van der Waals surface area contributed by atoms with E-state index in [9.17, 15) is 4.79 Å². The van der Waals surface area contributed by atoms with E-state index in [1.807, 2.05) is 30.3 Å². The molecule has 24 heavy (non-hydrogen) atoms. The fourth-order valence-corrected chi connectivity index (χ4v) is 2.35. The van der Waals surface area contributed by atoms with E-state index in [1.54, 1.807) is 30.3 Å². The molecule has 0 aliphatic rings. The Bertz CT molecular complexity index is 852. The Morgan fingerprint density at radius 1 is 1.04 bits per heavy atom. The molecule has 5 nitrogen and oxygen atoms in total. The maximum atomic E-state index is 12.3. The SMILES string of the molecule is COc1ccc(Cl)cc1NC(=O)c1ccc(-c2ccccc2)nn1. The zero-order valence-electron chi connectivity index (χ0n) is 12.9. The number of rotatable bonds is 4. The first-order valence-corrected chi connectivity index (χ1v) is 7.59. The van der Waals surface area contributed by atoms with Gasteiger partial charge in [0.25, 0.3) is 5.91 Å². The molecule has 0 spiro atoms. The molecule has 0 aliphatic heterocycles. The van der Waals surface area contributed by atoms with Gasteiger partial charge in [-0.3, -0.25) is 4.79 Å². The van der Waals surface area contributed by atoms with Crippen LogP contribution in [-0.4, -0.2) is 23.2 Å². The van der Waals surface area contributed by atoms with E-state index in [0.29, 0.717) is 22.2 Å². The van der Waals surface area contributed by atoms with E-state index in [1.165, 1.54) is 7.11 Å². The first-order valence-electron chi connectivity index (χ1n) is 7.21. The minimum absolute atomic E-state index is 0.205. The van der Waals surface area contributed by atoms with Crippen LogP contribution in [0.2, 0.25) is 5.02 Å². The highest BCUT2D eigenvalue weighted by molar-refractivity contribution is 6.31. The second kappa shape index (κ2) is 7.10. The quantitative estimate of drug-likeness (QED) is 0.778. The molecule has 0 fully saturated rings. The van der Waals surface area contributed by atoms with Crippen LogP contribution in [0.25, 0.3) is 11.3 Å². The summed E-state index contributed by atoms with van der Waals surface area (Å²) in [5.41, 5.74) is 2.32. The zero-order valence-corrected chi connectivity index (χ0v) is 13.6. The predicted octanol–water partition coefficient (Wildman–Crippen LogP) is 4.06. The van der Waals surface area contributed by atoms with Crippen LogP contribution in [0.4, 0.5) is 5.69 Å². The Morgan fingerprint density at radius 3 is 2.50 bits per heavy atom. The summed E-state index contributed by atoms with van der Waals surface area (Å²) in [6, 6.07) is 18.0. The number of carbonyl (C=O) groups is 1. The Morgan fingerprint density at radius 2 is 1.83 bits per heavy atom. The molecule has 0 atom stereocenters. The molecule has 6 heteroatoms. The predicted molar refractivity (Wildman–Crippen MR) is 93.4 cm³/mol. The summed E-state index contributed by atoms with van der Waals surface area (Å²) in [6.07, 6.45) is 0. The lowest BCUT2D eigenvalue weighted by Gasteiger charge is -2.10. The molecule has 120 valence electrons. The standard InChI is InChI=1S/C18H14ClN3O2/c1-24-17-10-7-13(19)11-16(17)20-18(23)15-9-8-14(21-22-15)12-5-3-2-4-6-12/h2-11H,1H3,(H,20,23). The molecule has 3 rings (SSSR count). The van der Waals surface area contributed by atoms with Gasteiger partial charge in [0.2, 0.25) is 0 Å². The molecule has 0 radical (unpaired) electrons. The van der Waals surface area contributed by atoms with Gasteiger partial charge in [-0.2, -0.15) is 0 Å². The summed E-state index contributed by atoms with van der Waals surface area (Å²) in [7, 11) is 1.52. The van der Waals surface area contributed by atoms with Crippen molar-refractivity contribution in [2.24, 2.45) is 0 Å². The molecule has 0 bridgehead atoms. The van der Waals surface area contributed by atoms with Crippen LogP contribution >= 0.6 is 11.6 Å². The van der Waals surface area contributed by atoms with Crippen molar-refractivity contribution < 1.29 is 9.53 Å². The molecule has 1 amide bonds. The molecule has 3 aromatic rings. The van der Waals surface area contributed by atoms with Crippen molar-refractivity contribution in [3.8, 4) is 17.0 Å². The maximum Gasteiger partial charge on any atom is 0.276 e. The van der Waals surface area contributed by atoms with E-state index in [0.717, 1.165) is 5.56 Å². The number of hydrogen-bond acceptors (Lipinski definition) is 4. The number of carbonyl (C=O) groups excluding carboxylic acids is 1. The first-order chi connectivity index (χ1) is 11.7. The van der Waals surface area contributed by atoms with Gasteiger partial charge >= 0.3 is 0 Å². The number of amides is 1. The molecule has 0 saturated carbocycles. The number of anilines is 1. The Kier molecular flexibility index (Phi) is 4.72. The summed E-state index contributed by atoms with van der Waals surface area (Å²) in [5, 5.41) is 11.3. The monoisotopic (exact) mass is 339 g/mol. The van der Waals surface area contributed by atoms with Crippen molar-refractivity contribution in [3.63, 3.8) is 0 Å². The van der Waals surface area contributed by atoms with E-state index >= 15 is 0 Å². The third kappa shape index (κ3) is 3.52. The van der Waals surface area contributed by atoms with Crippen molar-refractivity contribution in [2.45, 2.75) is 0 Å². The zero-order chi connectivity index (χ0) is 16.9. The van der Waals surface area contributed by atoms with Crippen LogP contribution in [0.3, 0.4) is 0 Å². The third-order valence-electron chi connectivity index (χ3n) is 3.38. The van der Waals surface area contributed by atoms with Crippen LogP contribution in [0, 0.1) is 0 Å². The third-order valence-corrected chi connectivity index (χ3v) is 3.61. The van der Waals surface area contributed by atoms with Gasteiger partial charge in [-0.15, -0.1) is 10.2 Å². The van der Waals surface area contributed by atoms with Crippen molar-refractivity contribution in [2.75, 3.05) is 12.4 Å². The Balaban J connectivity index is 1.80. The minimum Gasteiger partial charge on any atom is -0.495 e. The lowest BCUT2D eigenvalue weighted by molar-refractivity contribution is 0.102. The van der Waals surface area contributed by atoms with Crippen molar-refractivity contribution >= 4 is 23.2 Å². The molecule has 1 N–H and O–H groups in total. The molecule has 2 aromatic carbocycles. The Labute approximate surface area is 144 Å². The van der Waals surface area contributed by atoms with Crippen LogP contribution in [0.15, 0.2) is 60.7 Å². The molecule has 0 aliphatic carbocycles. The van der Waals surface area contributed by atoms with E-state index in [4.69, 9.17) is 16.3 Å². The summed E-state index contributed by atoms with van der Waals surface area (Å²) >= 11 is 5.96. The van der Waals surface area contributed by atoms with E-state index < -0.39 is 0 Å². The number of hydrogen-bond donors (Lipinski definition) is 1. The number of methoxy groups -OCH3 is 1.